The maximum absolute atomic E-state index is 9.52. The number of hydrogen-bond donors (Lipinski definition) is 1. The number of aliphatic hydroxyl groups excluding tert-OH is 1. The van der Waals surface area contributed by atoms with Gasteiger partial charge in [0.05, 0.1) is 19.8 Å². The van der Waals surface area contributed by atoms with Gasteiger partial charge in [-0.3, -0.25) is 0 Å². The molecule has 1 N–H and O–H groups in total. The van der Waals surface area contributed by atoms with Gasteiger partial charge in [0.1, 0.15) is 15.7 Å². The van der Waals surface area contributed by atoms with E-state index >= 15 is 0 Å². The number of fused-ring (bicyclic) bond motifs is 1. The Bertz CT molecular complexity index is 645. The molecule has 3 rings (SSSR count). The first-order valence-electron chi connectivity index (χ1n) is 6.60. The fourth-order valence-corrected chi connectivity index (χ4v) is 4.68. The van der Waals surface area contributed by atoms with Crippen LogP contribution < -0.4 is 0 Å². The van der Waals surface area contributed by atoms with E-state index in [9.17, 15) is 5.11 Å². The van der Waals surface area contributed by atoms with Gasteiger partial charge in [0.2, 0.25) is 0 Å². The Hall–Kier alpha value is -0.690. The Kier molecular flexibility index (Phi) is 3.75. The van der Waals surface area contributed by atoms with Crippen LogP contribution in [0.4, 0.5) is 0 Å². The first-order chi connectivity index (χ1) is 9.54. The molecule has 20 heavy (non-hydrogen) atoms. The van der Waals surface area contributed by atoms with Crippen LogP contribution in [0.5, 0.6) is 0 Å². The third-order valence-electron chi connectivity index (χ3n) is 3.77. The SMILES string of the molecule is Cc1nc(SCC2(CO)COC2)c2c(C)c(C)sc2n1. The molecular weight excluding hydrogens is 292 g/mol. The smallest absolute Gasteiger partial charge is 0.128 e. The van der Waals surface area contributed by atoms with Crippen molar-refractivity contribution in [2.24, 2.45) is 5.41 Å². The summed E-state index contributed by atoms with van der Waals surface area (Å²) in [5.41, 5.74) is 1.19. The average Bonchev–Trinajstić information content (AvgIpc) is 2.64. The molecular formula is C14H18N2O2S2. The molecule has 0 bridgehead atoms. The topological polar surface area (TPSA) is 55.2 Å². The van der Waals surface area contributed by atoms with Crippen molar-refractivity contribution in [3.05, 3.63) is 16.3 Å². The highest BCUT2D eigenvalue weighted by Gasteiger charge is 2.38. The first kappa shape index (κ1) is 14.3. The minimum absolute atomic E-state index is 0.0885. The number of rotatable bonds is 4. The van der Waals surface area contributed by atoms with Crippen molar-refractivity contribution in [1.29, 1.82) is 0 Å². The molecule has 1 aliphatic heterocycles. The van der Waals surface area contributed by atoms with Crippen molar-refractivity contribution in [2.45, 2.75) is 25.8 Å². The van der Waals surface area contributed by atoms with Crippen molar-refractivity contribution in [2.75, 3.05) is 25.6 Å². The first-order valence-corrected chi connectivity index (χ1v) is 8.41. The zero-order valence-corrected chi connectivity index (χ0v) is 13.5. The van der Waals surface area contributed by atoms with Gasteiger partial charge in [0.15, 0.2) is 0 Å². The molecule has 6 heteroatoms. The van der Waals surface area contributed by atoms with Crippen LogP contribution in [0.15, 0.2) is 5.03 Å². The van der Waals surface area contributed by atoms with Gasteiger partial charge >= 0.3 is 0 Å². The molecule has 0 aromatic carbocycles. The number of aliphatic hydroxyl groups is 1. The molecule has 4 nitrogen and oxygen atoms in total. The van der Waals surface area contributed by atoms with Crippen LogP contribution in [0.25, 0.3) is 10.2 Å². The Morgan fingerprint density at radius 3 is 2.65 bits per heavy atom. The predicted molar refractivity (Wildman–Crippen MR) is 82.7 cm³/mol. The van der Waals surface area contributed by atoms with Crippen LogP contribution in [0.3, 0.4) is 0 Å². The summed E-state index contributed by atoms with van der Waals surface area (Å²) in [6.07, 6.45) is 0. The second kappa shape index (κ2) is 5.26. The van der Waals surface area contributed by atoms with Gasteiger partial charge in [-0.15, -0.1) is 23.1 Å². The van der Waals surface area contributed by atoms with Crippen LogP contribution in [0.1, 0.15) is 16.3 Å². The Labute approximate surface area is 126 Å². The van der Waals surface area contributed by atoms with E-state index in [0.717, 1.165) is 21.4 Å². The zero-order valence-electron chi connectivity index (χ0n) is 11.9. The summed E-state index contributed by atoms with van der Waals surface area (Å²) in [6.45, 7) is 7.65. The Balaban J connectivity index is 1.94. The summed E-state index contributed by atoms with van der Waals surface area (Å²) in [7, 11) is 0. The number of hydrogen-bond acceptors (Lipinski definition) is 6. The van der Waals surface area contributed by atoms with Crippen LogP contribution >= 0.6 is 23.1 Å². The number of thiophene rings is 1. The monoisotopic (exact) mass is 310 g/mol. The molecule has 0 radical (unpaired) electrons. The van der Waals surface area contributed by atoms with Crippen LogP contribution in [-0.2, 0) is 4.74 Å². The lowest BCUT2D eigenvalue weighted by Gasteiger charge is -2.39. The number of aromatic nitrogens is 2. The lowest BCUT2D eigenvalue weighted by molar-refractivity contribution is -0.121. The quantitative estimate of drug-likeness (QED) is 0.695. The molecule has 3 heterocycles. The normalized spacial score (nSPS) is 17.4. The second-order valence-corrected chi connectivity index (χ2v) is 7.65. The molecule has 2 aromatic rings. The standard InChI is InChI=1S/C14H18N2O2S2/c1-8-9(2)20-13-11(8)12(15-10(3)16-13)19-7-14(4-17)5-18-6-14/h17H,4-7H2,1-3H3. The Morgan fingerprint density at radius 1 is 1.30 bits per heavy atom. The molecule has 0 amide bonds. The highest BCUT2D eigenvalue weighted by molar-refractivity contribution is 7.99. The van der Waals surface area contributed by atoms with Gasteiger partial charge in [-0.05, 0) is 26.3 Å². The largest absolute Gasteiger partial charge is 0.396 e. The van der Waals surface area contributed by atoms with Crippen LogP contribution in [0.2, 0.25) is 0 Å². The molecule has 0 unspecified atom stereocenters. The highest BCUT2D eigenvalue weighted by Crippen LogP contribution is 2.39. The maximum atomic E-state index is 9.52. The third kappa shape index (κ3) is 2.35. The van der Waals surface area contributed by atoms with E-state index in [1.807, 2.05) is 6.92 Å². The zero-order chi connectivity index (χ0) is 14.3. The third-order valence-corrected chi connectivity index (χ3v) is 6.20. The lowest BCUT2D eigenvalue weighted by atomic mass is 9.90. The van der Waals surface area contributed by atoms with E-state index in [1.54, 1.807) is 23.1 Å². The molecule has 0 saturated carbocycles. The van der Waals surface area contributed by atoms with E-state index in [0.29, 0.717) is 13.2 Å². The summed E-state index contributed by atoms with van der Waals surface area (Å²) in [5, 5.41) is 11.7. The van der Waals surface area contributed by atoms with Crippen molar-refractivity contribution in [3.8, 4) is 0 Å². The molecule has 108 valence electrons. The maximum Gasteiger partial charge on any atom is 0.128 e. The van der Waals surface area contributed by atoms with Gasteiger partial charge in [-0.2, -0.15) is 0 Å². The van der Waals surface area contributed by atoms with Crippen LogP contribution in [-0.4, -0.2) is 40.6 Å². The fraction of sp³-hybridized carbons (Fsp3) is 0.571. The van der Waals surface area contributed by atoms with Gasteiger partial charge < -0.3 is 9.84 Å². The van der Waals surface area contributed by atoms with Gasteiger partial charge in [0.25, 0.3) is 0 Å². The summed E-state index contributed by atoms with van der Waals surface area (Å²) in [6, 6.07) is 0. The minimum atomic E-state index is -0.0885. The van der Waals surface area contributed by atoms with E-state index in [1.165, 1.54) is 15.8 Å². The molecule has 1 aliphatic rings. The van der Waals surface area contributed by atoms with Crippen molar-refractivity contribution in [1.82, 2.24) is 9.97 Å². The van der Waals surface area contributed by atoms with E-state index in [-0.39, 0.29) is 12.0 Å². The molecule has 0 aliphatic carbocycles. The number of ether oxygens (including phenoxy) is 1. The van der Waals surface area contributed by atoms with Gasteiger partial charge in [-0.25, -0.2) is 9.97 Å². The molecule has 2 aromatic heterocycles. The second-order valence-electron chi connectivity index (χ2n) is 5.48. The minimum Gasteiger partial charge on any atom is -0.396 e. The van der Waals surface area contributed by atoms with Crippen molar-refractivity contribution in [3.63, 3.8) is 0 Å². The van der Waals surface area contributed by atoms with Gasteiger partial charge in [-0.1, -0.05) is 0 Å². The van der Waals surface area contributed by atoms with Crippen molar-refractivity contribution < 1.29 is 9.84 Å². The molecule has 0 atom stereocenters. The summed E-state index contributed by atoms with van der Waals surface area (Å²) in [4.78, 5) is 11.5. The predicted octanol–water partition coefficient (Wildman–Crippen LogP) is 2.72. The Morgan fingerprint density at radius 2 is 2.05 bits per heavy atom. The number of thioether (sulfide) groups is 1. The highest BCUT2D eigenvalue weighted by atomic mass is 32.2. The summed E-state index contributed by atoms with van der Waals surface area (Å²) in [5.74, 6) is 1.65. The van der Waals surface area contributed by atoms with E-state index in [2.05, 4.69) is 23.8 Å². The molecule has 1 saturated heterocycles. The fourth-order valence-electron chi connectivity index (χ4n) is 2.25. The summed E-state index contributed by atoms with van der Waals surface area (Å²) < 4.78 is 5.25. The van der Waals surface area contributed by atoms with Gasteiger partial charge in [0, 0.05) is 21.4 Å². The molecule has 1 fully saturated rings. The summed E-state index contributed by atoms with van der Waals surface area (Å²) >= 11 is 3.44. The lowest BCUT2D eigenvalue weighted by Crippen LogP contribution is -2.47. The van der Waals surface area contributed by atoms with E-state index in [4.69, 9.17) is 4.74 Å². The molecule has 0 spiro atoms. The van der Waals surface area contributed by atoms with Crippen molar-refractivity contribution >= 4 is 33.3 Å². The number of aryl methyl sites for hydroxylation is 3. The number of nitrogens with zero attached hydrogens (tertiary/aromatic N) is 2. The average molecular weight is 310 g/mol. The van der Waals surface area contributed by atoms with E-state index < -0.39 is 0 Å². The van der Waals surface area contributed by atoms with Crippen LogP contribution in [0, 0.1) is 26.2 Å².